The van der Waals surface area contributed by atoms with Crippen molar-refractivity contribution in [3.8, 4) is 0 Å². The SMILES string of the molecule is CCN(C)CCC(C)N1CCCC1=O. The largest absolute Gasteiger partial charge is 0.340 e. The minimum Gasteiger partial charge on any atom is -0.340 e. The number of carbonyl (C=O) groups excluding carboxylic acids is 1. The first-order valence-corrected chi connectivity index (χ1v) is 5.63. The Bertz CT molecular complexity index is 194. The Labute approximate surface area is 87.1 Å². The van der Waals surface area contributed by atoms with Crippen LogP contribution < -0.4 is 0 Å². The molecule has 0 aromatic rings. The first-order chi connectivity index (χ1) is 6.65. The van der Waals surface area contributed by atoms with Gasteiger partial charge in [0.15, 0.2) is 0 Å². The summed E-state index contributed by atoms with van der Waals surface area (Å²) in [6, 6.07) is 0.416. The zero-order valence-electron chi connectivity index (χ0n) is 9.62. The van der Waals surface area contributed by atoms with E-state index in [-0.39, 0.29) is 0 Å². The first kappa shape index (κ1) is 11.5. The third kappa shape index (κ3) is 2.98. The van der Waals surface area contributed by atoms with E-state index in [1.807, 2.05) is 4.90 Å². The van der Waals surface area contributed by atoms with Gasteiger partial charge in [0, 0.05) is 19.0 Å². The average Bonchev–Trinajstić information content (AvgIpc) is 2.60. The van der Waals surface area contributed by atoms with E-state index in [1.165, 1.54) is 0 Å². The summed E-state index contributed by atoms with van der Waals surface area (Å²) in [5, 5.41) is 0. The Morgan fingerprint density at radius 3 is 2.79 bits per heavy atom. The maximum Gasteiger partial charge on any atom is 0.222 e. The highest BCUT2D eigenvalue weighted by Crippen LogP contribution is 2.15. The molecule has 1 amide bonds. The molecule has 0 spiro atoms. The van der Waals surface area contributed by atoms with E-state index in [4.69, 9.17) is 0 Å². The molecule has 1 atom stereocenters. The molecule has 0 bridgehead atoms. The van der Waals surface area contributed by atoms with Gasteiger partial charge in [-0.05, 0) is 39.9 Å². The van der Waals surface area contributed by atoms with Crippen molar-refractivity contribution >= 4 is 5.91 Å². The highest BCUT2D eigenvalue weighted by atomic mass is 16.2. The first-order valence-electron chi connectivity index (χ1n) is 5.63. The highest BCUT2D eigenvalue weighted by molar-refractivity contribution is 5.78. The lowest BCUT2D eigenvalue weighted by Gasteiger charge is -2.26. The zero-order valence-corrected chi connectivity index (χ0v) is 9.62. The molecular formula is C11H22N2O. The molecule has 1 rings (SSSR count). The van der Waals surface area contributed by atoms with Crippen LogP contribution >= 0.6 is 0 Å². The Balaban J connectivity index is 2.27. The van der Waals surface area contributed by atoms with Crippen LogP contribution in [0.4, 0.5) is 0 Å². The van der Waals surface area contributed by atoms with Gasteiger partial charge < -0.3 is 9.80 Å². The molecule has 0 aromatic heterocycles. The third-order valence-electron chi connectivity index (χ3n) is 3.11. The van der Waals surface area contributed by atoms with E-state index in [0.717, 1.165) is 38.9 Å². The summed E-state index contributed by atoms with van der Waals surface area (Å²) in [5.74, 6) is 0.344. The smallest absolute Gasteiger partial charge is 0.222 e. The number of amides is 1. The van der Waals surface area contributed by atoms with Gasteiger partial charge in [-0.3, -0.25) is 4.79 Å². The van der Waals surface area contributed by atoms with Crippen molar-refractivity contribution in [2.45, 2.75) is 39.2 Å². The maximum absolute atomic E-state index is 11.4. The van der Waals surface area contributed by atoms with Crippen LogP contribution in [0, 0.1) is 0 Å². The number of hydrogen-bond acceptors (Lipinski definition) is 2. The summed E-state index contributed by atoms with van der Waals surface area (Å²) in [5.41, 5.74) is 0. The van der Waals surface area contributed by atoms with E-state index in [2.05, 4.69) is 25.8 Å². The molecule has 0 radical (unpaired) electrons. The van der Waals surface area contributed by atoms with Crippen LogP contribution in [0.25, 0.3) is 0 Å². The van der Waals surface area contributed by atoms with E-state index in [1.54, 1.807) is 0 Å². The van der Waals surface area contributed by atoms with Crippen molar-refractivity contribution in [2.24, 2.45) is 0 Å². The quantitative estimate of drug-likeness (QED) is 0.665. The molecule has 1 aliphatic rings. The molecule has 0 saturated carbocycles. The van der Waals surface area contributed by atoms with Crippen LogP contribution in [-0.4, -0.2) is 48.4 Å². The number of hydrogen-bond donors (Lipinski definition) is 0. The molecule has 1 heterocycles. The Hall–Kier alpha value is -0.570. The minimum absolute atomic E-state index is 0.344. The van der Waals surface area contributed by atoms with E-state index in [9.17, 15) is 4.79 Å². The second-order valence-corrected chi connectivity index (χ2v) is 4.22. The molecule has 1 fully saturated rings. The molecule has 3 nitrogen and oxygen atoms in total. The summed E-state index contributed by atoms with van der Waals surface area (Å²) in [7, 11) is 2.12. The molecule has 1 unspecified atom stereocenters. The topological polar surface area (TPSA) is 23.6 Å². The van der Waals surface area contributed by atoms with Gasteiger partial charge in [-0.2, -0.15) is 0 Å². The van der Waals surface area contributed by atoms with Gasteiger partial charge in [0.05, 0.1) is 0 Å². The lowest BCUT2D eigenvalue weighted by Crippen LogP contribution is -2.36. The van der Waals surface area contributed by atoms with Crippen LogP contribution in [0.2, 0.25) is 0 Å². The van der Waals surface area contributed by atoms with Gasteiger partial charge in [0.2, 0.25) is 5.91 Å². The minimum atomic E-state index is 0.344. The number of rotatable bonds is 5. The third-order valence-corrected chi connectivity index (χ3v) is 3.11. The summed E-state index contributed by atoms with van der Waals surface area (Å²) in [4.78, 5) is 15.8. The van der Waals surface area contributed by atoms with E-state index in [0.29, 0.717) is 11.9 Å². The number of nitrogens with zero attached hydrogens (tertiary/aromatic N) is 2. The summed E-state index contributed by atoms with van der Waals surface area (Å²) in [6.07, 6.45) is 2.90. The monoisotopic (exact) mass is 198 g/mol. The summed E-state index contributed by atoms with van der Waals surface area (Å²) >= 11 is 0. The molecule has 0 aliphatic carbocycles. The lowest BCUT2D eigenvalue weighted by molar-refractivity contribution is -0.129. The second-order valence-electron chi connectivity index (χ2n) is 4.22. The van der Waals surface area contributed by atoms with Crippen LogP contribution in [0.3, 0.4) is 0 Å². The van der Waals surface area contributed by atoms with Crippen LogP contribution in [0.15, 0.2) is 0 Å². The van der Waals surface area contributed by atoms with Crippen molar-refractivity contribution in [3.05, 3.63) is 0 Å². The highest BCUT2D eigenvalue weighted by Gasteiger charge is 2.24. The van der Waals surface area contributed by atoms with Crippen molar-refractivity contribution in [1.82, 2.24) is 9.80 Å². The van der Waals surface area contributed by atoms with Gasteiger partial charge in [0.1, 0.15) is 0 Å². The molecule has 3 heteroatoms. The van der Waals surface area contributed by atoms with Crippen molar-refractivity contribution < 1.29 is 4.79 Å². The van der Waals surface area contributed by atoms with Crippen LogP contribution in [0.5, 0.6) is 0 Å². The summed E-state index contributed by atoms with van der Waals surface area (Å²) < 4.78 is 0. The Morgan fingerprint density at radius 2 is 2.29 bits per heavy atom. The fraction of sp³-hybridized carbons (Fsp3) is 0.909. The van der Waals surface area contributed by atoms with Crippen LogP contribution in [0.1, 0.15) is 33.1 Å². The molecule has 14 heavy (non-hydrogen) atoms. The van der Waals surface area contributed by atoms with Crippen molar-refractivity contribution in [3.63, 3.8) is 0 Å². The predicted octanol–water partition coefficient (Wildman–Crippen LogP) is 1.34. The van der Waals surface area contributed by atoms with Gasteiger partial charge in [-0.15, -0.1) is 0 Å². The molecule has 1 aliphatic heterocycles. The Morgan fingerprint density at radius 1 is 1.57 bits per heavy atom. The predicted molar refractivity (Wildman–Crippen MR) is 58.2 cm³/mol. The summed E-state index contributed by atoms with van der Waals surface area (Å²) in [6.45, 7) is 7.45. The molecule has 0 aromatic carbocycles. The fourth-order valence-electron chi connectivity index (χ4n) is 1.86. The lowest BCUT2D eigenvalue weighted by atomic mass is 10.2. The molecular weight excluding hydrogens is 176 g/mol. The van der Waals surface area contributed by atoms with Gasteiger partial charge in [0.25, 0.3) is 0 Å². The second kappa shape index (κ2) is 5.35. The van der Waals surface area contributed by atoms with E-state index >= 15 is 0 Å². The number of carbonyl (C=O) groups is 1. The van der Waals surface area contributed by atoms with Crippen LogP contribution in [-0.2, 0) is 4.79 Å². The fourth-order valence-corrected chi connectivity index (χ4v) is 1.86. The molecule has 0 N–H and O–H groups in total. The maximum atomic E-state index is 11.4. The zero-order chi connectivity index (χ0) is 10.6. The van der Waals surface area contributed by atoms with Crippen molar-refractivity contribution in [2.75, 3.05) is 26.7 Å². The van der Waals surface area contributed by atoms with E-state index < -0.39 is 0 Å². The van der Waals surface area contributed by atoms with Gasteiger partial charge >= 0.3 is 0 Å². The standard InChI is InChI=1S/C11H22N2O/c1-4-12(3)9-7-10(2)13-8-5-6-11(13)14/h10H,4-9H2,1-3H3. The van der Waals surface area contributed by atoms with Crippen molar-refractivity contribution in [1.29, 1.82) is 0 Å². The van der Waals surface area contributed by atoms with Gasteiger partial charge in [-0.25, -0.2) is 0 Å². The normalized spacial score (nSPS) is 19.4. The average molecular weight is 198 g/mol. The molecule has 1 saturated heterocycles. The molecule has 82 valence electrons. The Kier molecular flexibility index (Phi) is 4.39. The van der Waals surface area contributed by atoms with Gasteiger partial charge in [-0.1, -0.05) is 6.92 Å². The number of likely N-dealkylation sites (tertiary alicyclic amines) is 1.